The smallest absolute Gasteiger partial charge is 0.420 e. The maximum atomic E-state index is 12.3. The van der Waals surface area contributed by atoms with E-state index in [0.717, 1.165) is 0 Å². The third-order valence-corrected chi connectivity index (χ3v) is 3.93. The summed E-state index contributed by atoms with van der Waals surface area (Å²) in [7, 11) is 0. The van der Waals surface area contributed by atoms with E-state index in [0.29, 0.717) is 22.0 Å². The molecule has 1 amide bonds. The third-order valence-electron chi connectivity index (χ3n) is 3.43. The van der Waals surface area contributed by atoms with E-state index < -0.39 is 12.1 Å². The number of halogens is 2. The van der Waals surface area contributed by atoms with E-state index in [1.54, 1.807) is 26.0 Å². The molecular formula is C17H14Cl2N2O4. The van der Waals surface area contributed by atoms with Crippen LogP contribution in [0.15, 0.2) is 30.5 Å². The summed E-state index contributed by atoms with van der Waals surface area (Å²) in [6.45, 7) is 3.74. The van der Waals surface area contributed by atoms with Gasteiger partial charge in [0, 0.05) is 10.6 Å². The highest BCUT2D eigenvalue weighted by Crippen LogP contribution is 2.37. The number of ether oxygens (including phenoxy) is 2. The number of anilines is 1. The summed E-state index contributed by atoms with van der Waals surface area (Å²) in [5, 5.41) is 0.729. The number of carbonyl (C=O) groups is 2. The molecular weight excluding hydrogens is 367 g/mol. The van der Waals surface area contributed by atoms with E-state index >= 15 is 0 Å². The van der Waals surface area contributed by atoms with E-state index in [9.17, 15) is 9.59 Å². The van der Waals surface area contributed by atoms with Crippen LogP contribution in [-0.4, -0.2) is 23.2 Å². The number of benzene rings is 1. The number of hydrogen-bond donors (Lipinski definition) is 0. The molecule has 0 aliphatic carbocycles. The quantitative estimate of drug-likeness (QED) is 0.734. The second kappa shape index (κ2) is 6.90. The van der Waals surface area contributed by atoms with Crippen LogP contribution in [0.5, 0.6) is 5.75 Å². The van der Waals surface area contributed by atoms with Crippen LogP contribution in [0.25, 0.3) is 0 Å². The molecule has 0 N–H and O–H groups in total. The van der Waals surface area contributed by atoms with Crippen LogP contribution in [0.3, 0.4) is 0 Å². The van der Waals surface area contributed by atoms with Gasteiger partial charge in [-0.15, -0.1) is 0 Å². The summed E-state index contributed by atoms with van der Waals surface area (Å²) in [5.74, 6) is -0.218. The molecule has 0 spiro atoms. The lowest BCUT2D eigenvalue weighted by Crippen LogP contribution is -2.37. The van der Waals surface area contributed by atoms with Gasteiger partial charge in [-0.25, -0.2) is 14.6 Å². The first kappa shape index (κ1) is 17.5. The Kier molecular flexibility index (Phi) is 4.83. The van der Waals surface area contributed by atoms with Crippen LogP contribution in [0, 0.1) is 0 Å². The van der Waals surface area contributed by atoms with E-state index in [2.05, 4.69) is 4.98 Å². The van der Waals surface area contributed by atoms with Crippen LogP contribution in [0.4, 0.5) is 10.5 Å². The predicted octanol–water partition coefficient (Wildman–Crippen LogP) is 4.47. The number of nitrogens with zero attached hydrogens (tertiary/aromatic N) is 2. The molecule has 0 radical (unpaired) electrons. The Labute approximate surface area is 154 Å². The Balaban J connectivity index is 1.84. The van der Waals surface area contributed by atoms with Crippen molar-refractivity contribution in [2.45, 2.75) is 26.5 Å². The number of esters is 1. The maximum Gasteiger partial charge on any atom is 0.420 e. The molecule has 6 nitrogen and oxygen atoms in total. The first-order valence-corrected chi connectivity index (χ1v) is 8.25. The van der Waals surface area contributed by atoms with Crippen molar-refractivity contribution in [1.29, 1.82) is 0 Å². The molecule has 0 unspecified atom stereocenters. The molecule has 1 aliphatic rings. The van der Waals surface area contributed by atoms with Crippen molar-refractivity contribution in [3.8, 4) is 5.75 Å². The summed E-state index contributed by atoms with van der Waals surface area (Å²) in [4.78, 5) is 29.5. The van der Waals surface area contributed by atoms with Crippen molar-refractivity contribution in [3.63, 3.8) is 0 Å². The molecule has 8 heteroatoms. The fraction of sp³-hybridized carbons (Fsp3) is 0.235. The summed E-state index contributed by atoms with van der Waals surface area (Å²) in [6.07, 6.45) is 0.586. The zero-order valence-corrected chi connectivity index (χ0v) is 15.0. The lowest BCUT2D eigenvalue weighted by atomic mass is 10.1. The normalized spacial score (nSPS) is 13.5. The van der Waals surface area contributed by atoms with Crippen molar-refractivity contribution in [1.82, 2.24) is 4.98 Å². The molecule has 0 saturated heterocycles. The van der Waals surface area contributed by atoms with Gasteiger partial charge in [-0.3, -0.25) is 4.90 Å². The first-order chi connectivity index (χ1) is 11.8. The van der Waals surface area contributed by atoms with Crippen LogP contribution < -0.4 is 9.64 Å². The number of fused-ring (bicyclic) bond motifs is 1. The molecule has 3 rings (SSSR count). The summed E-state index contributed by atoms with van der Waals surface area (Å²) < 4.78 is 10.4. The Morgan fingerprint density at radius 1 is 1.32 bits per heavy atom. The average molecular weight is 381 g/mol. The minimum absolute atomic E-state index is 0.161. The van der Waals surface area contributed by atoms with Gasteiger partial charge < -0.3 is 9.47 Å². The molecule has 0 fully saturated rings. The molecule has 0 saturated carbocycles. The van der Waals surface area contributed by atoms with E-state index in [4.69, 9.17) is 32.7 Å². The molecule has 25 heavy (non-hydrogen) atoms. The maximum absolute atomic E-state index is 12.3. The second-order valence-electron chi connectivity index (χ2n) is 5.69. The Hall–Kier alpha value is -2.31. The van der Waals surface area contributed by atoms with Crippen LogP contribution in [0.1, 0.15) is 29.9 Å². The lowest BCUT2D eigenvalue weighted by Gasteiger charge is -2.28. The molecule has 1 aromatic heterocycles. The first-order valence-electron chi connectivity index (χ1n) is 7.49. The highest BCUT2D eigenvalue weighted by molar-refractivity contribution is 6.35. The van der Waals surface area contributed by atoms with Crippen molar-refractivity contribution >= 4 is 41.0 Å². The molecule has 1 aliphatic heterocycles. The summed E-state index contributed by atoms with van der Waals surface area (Å²) in [5.41, 5.74) is 1.32. The predicted molar refractivity (Wildman–Crippen MR) is 93.5 cm³/mol. The summed E-state index contributed by atoms with van der Waals surface area (Å²) in [6, 6.07) is 6.29. The summed E-state index contributed by atoms with van der Waals surface area (Å²) >= 11 is 12.1. The number of aromatic nitrogens is 1. The minimum atomic E-state index is -0.587. The number of amides is 1. The molecule has 0 atom stereocenters. The van der Waals surface area contributed by atoms with Gasteiger partial charge in [-0.05, 0) is 38.1 Å². The molecule has 2 heterocycles. The zero-order chi connectivity index (χ0) is 18.1. The van der Waals surface area contributed by atoms with Gasteiger partial charge in [-0.2, -0.15) is 0 Å². The van der Waals surface area contributed by atoms with Gasteiger partial charge in [0.1, 0.15) is 5.69 Å². The van der Waals surface area contributed by atoms with Gasteiger partial charge in [0.15, 0.2) is 5.75 Å². The topological polar surface area (TPSA) is 68.7 Å². The molecule has 1 aromatic carbocycles. The van der Waals surface area contributed by atoms with Gasteiger partial charge in [0.05, 0.1) is 29.6 Å². The van der Waals surface area contributed by atoms with Gasteiger partial charge in [0.25, 0.3) is 0 Å². The molecule has 0 bridgehead atoms. The van der Waals surface area contributed by atoms with E-state index in [1.807, 2.05) is 0 Å². The van der Waals surface area contributed by atoms with Gasteiger partial charge in [0.2, 0.25) is 0 Å². The fourth-order valence-electron chi connectivity index (χ4n) is 2.36. The standard InChI is InChI=1S/C17H14Cl2N2O4/c1-9(2)24-16(22)14-4-3-12(7-20-14)21-8-10-5-11(18)6-13(19)15(10)25-17(21)23/h3-7,9H,8H2,1-2H3. The zero-order valence-electron chi connectivity index (χ0n) is 13.5. The Morgan fingerprint density at radius 2 is 2.08 bits per heavy atom. The minimum Gasteiger partial charge on any atom is -0.458 e. The van der Waals surface area contributed by atoms with Crippen molar-refractivity contribution in [2.24, 2.45) is 0 Å². The number of pyridine rings is 1. The van der Waals surface area contributed by atoms with Crippen LogP contribution >= 0.6 is 23.2 Å². The Bertz CT molecular complexity index is 837. The number of carbonyl (C=O) groups excluding carboxylic acids is 2. The van der Waals surface area contributed by atoms with Gasteiger partial charge >= 0.3 is 12.1 Å². The van der Waals surface area contributed by atoms with E-state index in [1.165, 1.54) is 23.2 Å². The largest absolute Gasteiger partial charge is 0.458 e. The van der Waals surface area contributed by atoms with Gasteiger partial charge in [-0.1, -0.05) is 23.2 Å². The Morgan fingerprint density at radius 3 is 2.72 bits per heavy atom. The van der Waals surface area contributed by atoms with E-state index in [-0.39, 0.29) is 23.4 Å². The second-order valence-corrected chi connectivity index (χ2v) is 6.53. The van der Waals surface area contributed by atoms with Crippen molar-refractivity contribution < 1.29 is 19.1 Å². The lowest BCUT2D eigenvalue weighted by molar-refractivity contribution is 0.0371. The average Bonchev–Trinajstić information content (AvgIpc) is 2.54. The number of rotatable bonds is 3. The SMILES string of the molecule is CC(C)OC(=O)c1ccc(N2Cc3cc(Cl)cc(Cl)c3OC2=O)cn1. The van der Waals surface area contributed by atoms with Crippen molar-refractivity contribution in [3.05, 3.63) is 51.8 Å². The monoisotopic (exact) mass is 380 g/mol. The molecule has 130 valence electrons. The highest BCUT2D eigenvalue weighted by Gasteiger charge is 2.28. The van der Waals surface area contributed by atoms with Crippen LogP contribution in [0.2, 0.25) is 10.0 Å². The number of hydrogen-bond acceptors (Lipinski definition) is 5. The third kappa shape index (κ3) is 3.70. The van der Waals surface area contributed by atoms with Crippen LogP contribution in [-0.2, 0) is 11.3 Å². The molecule has 2 aromatic rings. The highest BCUT2D eigenvalue weighted by atomic mass is 35.5. The fourth-order valence-corrected chi connectivity index (χ4v) is 2.93. The van der Waals surface area contributed by atoms with Crippen molar-refractivity contribution in [2.75, 3.05) is 4.90 Å².